The molecule has 0 fully saturated rings. The first kappa shape index (κ1) is 16.1. The zero-order valence-corrected chi connectivity index (χ0v) is 13.7. The number of hydrogen-bond donors (Lipinski definition) is 3. The Labute approximate surface area is 140 Å². The van der Waals surface area contributed by atoms with Crippen LogP contribution in [0.15, 0.2) is 42.6 Å². The van der Waals surface area contributed by atoms with Gasteiger partial charge in [-0.25, -0.2) is 0 Å². The van der Waals surface area contributed by atoms with Gasteiger partial charge in [-0.2, -0.15) is 0 Å². The molecule has 3 aromatic rings. The number of carbonyl (C=O) groups is 1. The van der Waals surface area contributed by atoms with E-state index in [-0.39, 0.29) is 18.9 Å². The standard InChI is InChI=1S/C19H20N2O3/c1-12-4-3-5-16-13(10-20-19(12)16)9-18(23)21-15-6-7-17(24-2)14(8-15)11-22/h3-8,10,20,22H,9,11H2,1-2H3,(H,21,23). The zero-order chi connectivity index (χ0) is 17.1. The van der Waals surface area contributed by atoms with Crippen LogP contribution in [-0.4, -0.2) is 23.1 Å². The number of carbonyl (C=O) groups excluding carboxylic acids is 1. The maximum absolute atomic E-state index is 12.3. The van der Waals surface area contributed by atoms with Crippen molar-refractivity contribution in [3.05, 3.63) is 59.3 Å². The fourth-order valence-electron chi connectivity index (χ4n) is 2.87. The van der Waals surface area contributed by atoms with Crippen molar-refractivity contribution in [1.29, 1.82) is 0 Å². The number of ether oxygens (including phenoxy) is 1. The van der Waals surface area contributed by atoms with Gasteiger partial charge in [0.1, 0.15) is 5.75 Å². The third kappa shape index (κ3) is 3.12. The summed E-state index contributed by atoms with van der Waals surface area (Å²) in [5, 5.41) is 13.3. The minimum absolute atomic E-state index is 0.105. The van der Waals surface area contributed by atoms with E-state index >= 15 is 0 Å². The summed E-state index contributed by atoms with van der Waals surface area (Å²) in [6, 6.07) is 11.3. The Kier molecular flexibility index (Phi) is 4.53. The average Bonchev–Trinajstić information content (AvgIpc) is 2.99. The van der Waals surface area contributed by atoms with Crippen molar-refractivity contribution >= 4 is 22.5 Å². The van der Waals surface area contributed by atoms with Gasteiger partial charge in [0.2, 0.25) is 5.91 Å². The number of benzene rings is 2. The summed E-state index contributed by atoms with van der Waals surface area (Å²) >= 11 is 0. The minimum Gasteiger partial charge on any atom is -0.496 e. The first-order chi connectivity index (χ1) is 11.6. The van der Waals surface area contributed by atoms with Gasteiger partial charge in [-0.1, -0.05) is 18.2 Å². The van der Waals surface area contributed by atoms with Crippen LogP contribution in [0.2, 0.25) is 0 Å². The number of aromatic amines is 1. The van der Waals surface area contributed by atoms with Gasteiger partial charge in [-0.15, -0.1) is 0 Å². The number of methoxy groups -OCH3 is 1. The lowest BCUT2D eigenvalue weighted by molar-refractivity contribution is -0.115. The lowest BCUT2D eigenvalue weighted by Crippen LogP contribution is -2.14. The number of aliphatic hydroxyl groups excluding tert-OH is 1. The number of aliphatic hydroxyl groups is 1. The molecule has 0 bridgehead atoms. The highest BCUT2D eigenvalue weighted by Gasteiger charge is 2.11. The Hall–Kier alpha value is -2.79. The number of rotatable bonds is 5. The summed E-state index contributed by atoms with van der Waals surface area (Å²) in [6.45, 7) is 1.89. The summed E-state index contributed by atoms with van der Waals surface area (Å²) in [5.41, 5.74) is 4.45. The first-order valence-corrected chi connectivity index (χ1v) is 7.75. The number of nitrogens with one attached hydrogen (secondary N) is 2. The number of hydrogen-bond acceptors (Lipinski definition) is 3. The van der Waals surface area contributed by atoms with Crippen molar-refractivity contribution in [3.8, 4) is 5.75 Å². The van der Waals surface area contributed by atoms with Gasteiger partial charge >= 0.3 is 0 Å². The topological polar surface area (TPSA) is 74.3 Å². The van der Waals surface area contributed by atoms with Crippen LogP contribution in [0.1, 0.15) is 16.7 Å². The van der Waals surface area contributed by atoms with Gasteiger partial charge < -0.3 is 20.1 Å². The van der Waals surface area contributed by atoms with E-state index in [2.05, 4.69) is 10.3 Å². The molecule has 3 rings (SSSR count). The van der Waals surface area contributed by atoms with Gasteiger partial charge in [0, 0.05) is 28.4 Å². The number of amides is 1. The van der Waals surface area contributed by atoms with Crippen LogP contribution in [0.5, 0.6) is 5.75 Å². The molecule has 1 aromatic heterocycles. The predicted molar refractivity (Wildman–Crippen MR) is 94.3 cm³/mol. The molecule has 0 spiro atoms. The van der Waals surface area contributed by atoms with Crippen molar-refractivity contribution < 1.29 is 14.6 Å². The summed E-state index contributed by atoms with van der Waals surface area (Å²) in [5.74, 6) is 0.495. The number of para-hydroxylation sites is 1. The van der Waals surface area contributed by atoms with E-state index in [1.54, 1.807) is 25.3 Å². The summed E-state index contributed by atoms with van der Waals surface area (Å²) in [6.07, 6.45) is 2.16. The molecule has 1 heterocycles. The smallest absolute Gasteiger partial charge is 0.228 e. The largest absolute Gasteiger partial charge is 0.496 e. The van der Waals surface area contributed by atoms with Gasteiger partial charge in [-0.05, 0) is 36.2 Å². The van der Waals surface area contributed by atoms with Crippen LogP contribution in [0, 0.1) is 6.92 Å². The lowest BCUT2D eigenvalue weighted by Gasteiger charge is -2.10. The Balaban J connectivity index is 1.77. The van der Waals surface area contributed by atoms with Crippen LogP contribution in [0.4, 0.5) is 5.69 Å². The number of H-pyrrole nitrogens is 1. The van der Waals surface area contributed by atoms with Crippen LogP contribution in [0.3, 0.4) is 0 Å². The quantitative estimate of drug-likeness (QED) is 0.675. The third-order valence-corrected chi connectivity index (χ3v) is 4.09. The Bertz CT molecular complexity index is 883. The van der Waals surface area contributed by atoms with Crippen molar-refractivity contribution in [1.82, 2.24) is 4.98 Å². The van der Waals surface area contributed by atoms with E-state index in [9.17, 15) is 9.90 Å². The molecular formula is C19H20N2O3. The Morgan fingerprint density at radius 3 is 2.83 bits per heavy atom. The van der Waals surface area contributed by atoms with Gasteiger partial charge in [-0.3, -0.25) is 4.79 Å². The van der Waals surface area contributed by atoms with E-state index in [1.807, 2.05) is 31.3 Å². The molecule has 0 saturated heterocycles. The zero-order valence-electron chi connectivity index (χ0n) is 13.7. The highest BCUT2D eigenvalue weighted by molar-refractivity contribution is 5.96. The number of anilines is 1. The maximum atomic E-state index is 12.3. The average molecular weight is 324 g/mol. The molecule has 5 heteroatoms. The summed E-state index contributed by atoms with van der Waals surface area (Å²) < 4.78 is 5.16. The molecule has 1 amide bonds. The molecule has 0 aliphatic carbocycles. The van der Waals surface area contributed by atoms with E-state index in [0.29, 0.717) is 17.0 Å². The molecule has 0 atom stereocenters. The van der Waals surface area contributed by atoms with E-state index < -0.39 is 0 Å². The summed E-state index contributed by atoms with van der Waals surface area (Å²) in [7, 11) is 1.55. The maximum Gasteiger partial charge on any atom is 0.228 e. The predicted octanol–water partition coefficient (Wildman–Crippen LogP) is 3.16. The SMILES string of the molecule is COc1ccc(NC(=O)Cc2c[nH]c3c(C)cccc23)cc1CO. The van der Waals surface area contributed by atoms with Crippen LogP contribution >= 0.6 is 0 Å². The second kappa shape index (κ2) is 6.76. The normalized spacial score (nSPS) is 10.8. The van der Waals surface area contributed by atoms with Crippen LogP contribution < -0.4 is 10.1 Å². The first-order valence-electron chi connectivity index (χ1n) is 7.75. The fraction of sp³-hybridized carbons (Fsp3) is 0.211. The molecule has 0 saturated carbocycles. The van der Waals surface area contributed by atoms with Gasteiger partial charge in [0.05, 0.1) is 20.1 Å². The molecule has 0 aliphatic rings. The van der Waals surface area contributed by atoms with Crippen LogP contribution in [-0.2, 0) is 17.8 Å². The van der Waals surface area contributed by atoms with Crippen LogP contribution in [0.25, 0.3) is 10.9 Å². The molecular weight excluding hydrogens is 304 g/mol. The van der Waals surface area contributed by atoms with E-state index in [1.165, 1.54) is 0 Å². The van der Waals surface area contributed by atoms with Crippen molar-refractivity contribution in [2.24, 2.45) is 0 Å². The lowest BCUT2D eigenvalue weighted by atomic mass is 10.1. The molecule has 0 aliphatic heterocycles. The molecule has 24 heavy (non-hydrogen) atoms. The molecule has 5 nitrogen and oxygen atoms in total. The van der Waals surface area contributed by atoms with Crippen molar-refractivity contribution in [3.63, 3.8) is 0 Å². The monoisotopic (exact) mass is 324 g/mol. The van der Waals surface area contributed by atoms with Gasteiger partial charge in [0.15, 0.2) is 0 Å². The molecule has 124 valence electrons. The number of fused-ring (bicyclic) bond motifs is 1. The highest BCUT2D eigenvalue weighted by atomic mass is 16.5. The Morgan fingerprint density at radius 2 is 2.08 bits per heavy atom. The second-order valence-corrected chi connectivity index (χ2v) is 5.72. The number of aromatic nitrogens is 1. The molecule has 2 aromatic carbocycles. The van der Waals surface area contributed by atoms with Gasteiger partial charge in [0.25, 0.3) is 0 Å². The summed E-state index contributed by atoms with van der Waals surface area (Å²) in [4.78, 5) is 15.6. The van der Waals surface area contributed by atoms with Crippen molar-refractivity contribution in [2.75, 3.05) is 12.4 Å². The third-order valence-electron chi connectivity index (χ3n) is 4.09. The minimum atomic E-state index is -0.144. The van der Waals surface area contributed by atoms with E-state index in [0.717, 1.165) is 22.0 Å². The molecule has 3 N–H and O–H groups in total. The second-order valence-electron chi connectivity index (χ2n) is 5.72. The molecule has 0 unspecified atom stereocenters. The van der Waals surface area contributed by atoms with E-state index in [4.69, 9.17) is 4.74 Å². The fourth-order valence-corrected chi connectivity index (χ4v) is 2.87. The highest BCUT2D eigenvalue weighted by Crippen LogP contribution is 2.24. The molecule has 0 radical (unpaired) electrons. The Morgan fingerprint density at radius 1 is 1.25 bits per heavy atom. The number of aryl methyl sites for hydroxylation is 1. The van der Waals surface area contributed by atoms with Crippen molar-refractivity contribution in [2.45, 2.75) is 20.0 Å².